The number of anilines is 1. The van der Waals surface area contributed by atoms with Crippen molar-refractivity contribution in [2.75, 3.05) is 12.4 Å². The highest BCUT2D eigenvalue weighted by Crippen LogP contribution is 2.20. The second-order valence-corrected chi connectivity index (χ2v) is 4.85. The van der Waals surface area contributed by atoms with Crippen LogP contribution in [-0.2, 0) is 6.54 Å². The lowest BCUT2D eigenvalue weighted by Gasteiger charge is -2.09. The zero-order valence-corrected chi connectivity index (χ0v) is 12.6. The summed E-state index contributed by atoms with van der Waals surface area (Å²) in [6, 6.07) is 7.98. The van der Waals surface area contributed by atoms with Gasteiger partial charge in [0.25, 0.3) is 5.91 Å². The number of aromatic nitrogens is 1. The minimum Gasteiger partial charge on any atom is -0.355 e. The molecule has 6 nitrogen and oxygen atoms in total. The molecule has 114 valence electrons. The van der Waals surface area contributed by atoms with Crippen molar-refractivity contribution in [3.05, 3.63) is 58.9 Å². The molecular formula is C15H15ClN4O2. The van der Waals surface area contributed by atoms with E-state index in [9.17, 15) is 9.59 Å². The largest absolute Gasteiger partial charge is 0.355 e. The van der Waals surface area contributed by atoms with Crippen molar-refractivity contribution in [2.24, 2.45) is 0 Å². The van der Waals surface area contributed by atoms with Crippen LogP contribution >= 0.6 is 11.6 Å². The fourth-order valence-electron chi connectivity index (χ4n) is 1.77. The molecular weight excluding hydrogens is 304 g/mol. The van der Waals surface area contributed by atoms with Crippen molar-refractivity contribution >= 4 is 29.2 Å². The van der Waals surface area contributed by atoms with Gasteiger partial charge in [0.2, 0.25) is 0 Å². The Labute approximate surface area is 132 Å². The first-order valence-corrected chi connectivity index (χ1v) is 6.93. The number of hydrogen-bond donors (Lipinski definition) is 3. The van der Waals surface area contributed by atoms with Gasteiger partial charge in [-0.1, -0.05) is 17.7 Å². The second-order valence-electron chi connectivity index (χ2n) is 4.44. The zero-order chi connectivity index (χ0) is 15.9. The average Bonchev–Trinajstić information content (AvgIpc) is 2.55. The number of urea groups is 1. The molecule has 0 atom stereocenters. The van der Waals surface area contributed by atoms with Crippen molar-refractivity contribution in [1.29, 1.82) is 0 Å². The summed E-state index contributed by atoms with van der Waals surface area (Å²) >= 11 is 5.95. The van der Waals surface area contributed by atoms with Gasteiger partial charge in [-0.3, -0.25) is 9.78 Å². The van der Waals surface area contributed by atoms with E-state index in [1.54, 1.807) is 30.6 Å². The highest BCUT2D eigenvalue weighted by molar-refractivity contribution is 6.34. The van der Waals surface area contributed by atoms with Crippen LogP contribution in [0.3, 0.4) is 0 Å². The molecule has 0 bridgehead atoms. The summed E-state index contributed by atoms with van der Waals surface area (Å²) in [5.74, 6) is -0.315. The van der Waals surface area contributed by atoms with Crippen LogP contribution in [0.5, 0.6) is 0 Å². The number of carbonyl (C=O) groups is 2. The molecule has 0 unspecified atom stereocenters. The molecule has 0 radical (unpaired) electrons. The first-order chi connectivity index (χ1) is 10.6. The number of benzene rings is 1. The lowest BCUT2D eigenvalue weighted by atomic mass is 10.2. The smallest absolute Gasteiger partial charge is 0.319 e. The summed E-state index contributed by atoms with van der Waals surface area (Å²) in [5, 5.41) is 8.16. The molecule has 2 rings (SSSR count). The molecule has 0 spiro atoms. The predicted octanol–water partition coefficient (Wildman–Crippen LogP) is 2.42. The van der Waals surface area contributed by atoms with Crippen LogP contribution in [0, 0.1) is 0 Å². The summed E-state index contributed by atoms with van der Waals surface area (Å²) in [6.07, 6.45) is 3.34. The number of amides is 3. The molecule has 0 aliphatic carbocycles. The third kappa shape index (κ3) is 4.20. The molecule has 2 aromatic rings. The maximum absolute atomic E-state index is 11.8. The van der Waals surface area contributed by atoms with Crippen LogP contribution in [-0.4, -0.2) is 24.0 Å². The number of pyridine rings is 1. The Hall–Kier alpha value is -2.60. The van der Waals surface area contributed by atoms with Gasteiger partial charge < -0.3 is 16.0 Å². The maximum Gasteiger partial charge on any atom is 0.319 e. The first-order valence-electron chi connectivity index (χ1n) is 6.55. The Morgan fingerprint density at radius 2 is 2.09 bits per heavy atom. The van der Waals surface area contributed by atoms with Crippen LogP contribution in [0.1, 0.15) is 15.9 Å². The molecule has 0 fully saturated rings. The molecule has 3 amide bonds. The van der Waals surface area contributed by atoms with Gasteiger partial charge in [-0.25, -0.2) is 4.79 Å². The van der Waals surface area contributed by atoms with E-state index in [-0.39, 0.29) is 11.9 Å². The zero-order valence-electron chi connectivity index (χ0n) is 11.9. The SMILES string of the molecule is CNC(=O)c1cc(NC(=O)NCc2cccnc2)ccc1Cl. The van der Waals surface area contributed by atoms with Gasteiger partial charge in [-0.15, -0.1) is 0 Å². The third-order valence-corrected chi connectivity index (χ3v) is 3.20. The van der Waals surface area contributed by atoms with Crippen molar-refractivity contribution in [1.82, 2.24) is 15.6 Å². The topological polar surface area (TPSA) is 83.1 Å². The van der Waals surface area contributed by atoms with Gasteiger partial charge in [-0.05, 0) is 29.8 Å². The van der Waals surface area contributed by atoms with Crippen LogP contribution in [0.15, 0.2) is 42.7 Å². The van der Waals surface area contributed by atoms with E-state index in [0.717, 1.165) is 5.56 Å². The van der Waals surface area contributed by atoms with Gasteiger partial charge in [0, 0.05) is 31.7 Å². The van der Waals surface area contributed by atoms with E-state index in [1.807, 2.05) is 6.07 Å². The Balaban J connectivity index is 1.98. The van der Waals surface area contributed by atoms with Gasteiger partial charge >= 0.3 is 6.03 Å². The van der Waals surface area contributed by atoms with E-state index in [0.29, 0.717) is 22.8 Å². The predicted molar refractivity (Wildman–Crippen MR) is 84.9 cm³/mol. The Morgan fingerprint density at radius 1 is 1.27 bits per heavy atom. The van der Waals surface area contributed by atoms with Crippen LogP contribution in [0.25, 0.3) is 0 Å². The quantitative estimate of drug-likeness (QED) is 0.809. The Morgan fingerprint density at radius 3 is 2.77 bits per heavy atom. The van der Waals surface area contributed by atoms with Gasteiger partial charge in [0.15, 0.2) is 0 Å². The molecule has 0 aliphatic heterocycles. The summed E-state index contributed by atoms with van der Waals surface area (Å²) in [7, 11) is 1.51. The number of hydrogen-bond acceptors (Lipinski definition) is 3. The highest BCUT2D eigenvalue weighted by Gasteiger charge is 2.10. The summed E-state index contributed by atoms with van der Waals surface area (Å²) in [6.45, 7) is 0.357. The van der Waals surface area contributed by atoms with Crippen molar-refractivity contribution in [3.8, 4) is 0 Å². The summed E-state index contributed by atoms with van der Waals surface area (Å²) in [4.78, 5) is 27.5. The average molecular weight is 319 g/mol. The van der Waals surface area contributed by atoms with Gasteiger partial charge in [-0.2, -0.15) is 0 Å². The maximum atomic E-state index is 11.8. The monoisotopic (exact) mass is 318 g/mol. The van der Waals surface area contributed by atoms with Gasteiger partial charge in [0.05, 0.1) is 10.6 Å². The molecule has 3 N–H and O–H groups in total. The second kappa shape index (κ2) is 7.42. The molecule has 1 aromatic carbocycles. The number of halogens is 1. The van der Waals surface area contributed by atoms with Crippen molar-refractivity contribution in [2.45, 2.75) is 6.54 Å². The van der Waals surface area contributed by atoms with E-state index < -0.39 is 0 Å². The van der Waals surface area contributed by atoms with E-state index in [2.05, 4.69) is 20.9 Å². The molecule has 0 saturated carbocycles. The van der Waals surface area contributed by atoms with Crippen LogP contribution in [0.2, 0.25) is 5.02 Å². The minimum atomic E-state index is -0.381. The van der Waals surface area contributed by atoms with Crippen molar-refractivity contribution < 1.29 is 9.59 Å². The molecule has 0 saturated heterocycles. The van der Waals surface area contributed by atoms with Crippen molar-refractivity contribution in [3.63, 3.8) is 0 Å². The minimum absolute atomic E-state index is 0.300. The van der Waals surface area contributed by atoms with Gasteiger partial charge in [0.1, 0.15) is 0 Å². The normalized spacial score (nSPS) is 9.91. The number of rotatable bonds is 4. The fraction of sp³-hybridized carbons (Fsp3) is 0.133. The van der Waals surface area contributed by atoms with Crippen LogP contribution < -0.4 is 16.0 Å². The number of nitrogens with zero attached hydrogens (tertiary/aromatic N) is 1. The Kier molecular flexibility index (Phi) is 5.32. The number of carbonyl (C=O) groups excluding carboxylic acids is 2. The van der Waals surface area contributed by atoms with E-state index >= 15 is 0 Å². The molecule has 1 aromatic heterocycles. The number of nitrogens with one attached hydrogen (secondary N) is 3. The van der Waals surface area contributed by atoms with Crippen LogP contribution in [0.4, 0.5) is 10.5 Å². The van der Waals surface area contributed by atoms with E-state index in [4.69, 9.17) is 11.6 Å². The summed E-state index contributed by atoms with van der Waals surface area (Å²) < 4.78 is 0. The van der Waals surface area contributed by atoms with E-state index in [1.165, 1.54) is 13.1 Å². The molecule has 7 heteroatoms. The molecule has 0 aliphatic rings. The standard InChI is InChI=1S/C15H15ClN4O2/c1-17-14(21)12-7-11(4-5-13(12)16)20-15(22)19-9-10-3-2-6-18-8-10/h2-8H,9H2,1H3,(H,17,21)(H2,19,20,22). The summed E-state index contributed by atoms with van der Waals surface area (Å²) in [5.41, 5.74) is 1.67. The Bertz CT molecular complexity index is 676. The third-order valence-electron chi connectivity index (χ3n) is 2.87. The fourth-order valence-corrected chi connectivity index (χ4v) is 1.98. The highest BCUT2D eigenvalue weighted by atomic mass is 35.5. The molecule has 1 heterocycles. The lowest BCUT2D eigenvalue weighted by Crippen LogP contribution is -2.28. The lowest BCUT2D eigenvalue weighted by molar-refractivity contribution is 0.0963. The first kappa shape index (κ1) is 15.8. The molecule has 22 heavy (non-hydrogen) atoms.